The molecule has 2 saturated heterocycles. The van der Waals surface area contributed by atoms with Crippen LogP contribution in [-0.2, 0) is 4.79 Å². The van der Waals surface area contributed by atoms with E-state index in [1.54, 1.807) is 6.08 Å². The Kier molecular flexibility index (Phi) is 5.93. The van der Waals surface area contributed by atoms with Gasteiger partial charge < -0.3 is 9.64 Å². The number of piperidine rings is 1. The fourth-order valence-corrected chi connectivity index (χ4v) is 3.61. The minimum Gasteiger partial charge on any atom is -0.494 e. The van der Waals surface area contributed by atoms with Crippen LogP contribution in [-0.4, -0.2) is 42.3 Å². The van der Waals surface area contributed by atoms with Crippen LogP contribution in [0, 0.1) is 0 Å². The number of carbonyl (C=O) groups excluding carboxylic acids is 2. The summed E-state index contributed by atoms with van der Waals surface area (Å²) < 4.78 is 5.82. The van der Waals surface area contributed by atoms with E-state index in [9.17, 15) is 9.59 Å². The molecule has 2 fully saturated rings. The number of hydrogen-bond donors (Lipinski definition) is 1. The van der Waals surface area contributed by atoms with Crippen molar-refractivity contribution in [1.29, 1.82) is 0 Å². The second-order valence-corrected chi connectivity index (χ2v) is 7.04. The third-order valence-corrected chi connectivity index (χ3v) is 4.94. The van der Waals surface area contributed by atoms with Crippen LogP contribution in [0.3, 0.4) is 0 Å². The van der Waals surface area contributed by atoms with Gasteiger partial charge in [-0.1, -0.05) is 18.6 Å². The van der Waals surface area contributed by atoms with Crippen LogP contribution < -0.4 is 10.1 Å². The van der Waals surface area contributed by atoms with E-state index >= 15 is 0 Å². The topological polar surface area (TPSA) is 58.6 Å². The van der Waals surface area contributed by atoms with E-state index in [-0.39, 0.29) is 11.1 Å². The Bertz CT molecular complexity index is 639. The number of benzene rings is 1. The largest absolute Gasteiger partial charge is 0.494 e. The molecule has 2 aliphatic heterocycles. The highest BCUT2D eigenvalue weighted by molar-refractivity contribution is 8.18. The standard InChI is InChI=1S/C18H22N2O3S/c21-17-16(24-18(22)19-17)13-14-6-4-7-15(12-14)23-11-5-10-20-8-2-1-3-9-20/h4,6-7,12-13H,1-3,5,8-11H2,(H,19,21,22)/b16-13-. The number of nitrogens with one attached hydrogen (secondary N) is 1. The molecule has 1 aromatic carbocycles. The van der Waals surface area contributed by atoms with Crippen LogP contribution in [0.1, 0.15) is 31.2 Å². The van der Waals surface area contributed by atoms with Crippen molar-refractivity contribution in [2.24, 2.45) is 0 Å². The lowest BCUT2D eigenvalue weighted by Gasteiger charge is -2.26. The Hall–Kier alpha value is -1.79. The number of carbonyl (C=O) groups is 2. The van der Waals surface area contributed by atoms with Crippen LogP contribution in [0.2, 0.25) is 0 Å². The first-order valence-corrected chi connectivity index (χ1v) is 9.22. The Morgan fingerprint density at radius 3 is 2.79 bits per heavy atom. The van der Waals surface area contributed by atoms with Crippen molar-refractivity contribution in [3.8, 4) is 5.75 Å². The molecule has 0 spiro atoms. The van der Waals surface area contributed by atoms with Crippen LogP contribution in [0.15, 0.2) is 29.2 Å². The van der Waals surface area contributed by atoms with Gasteiger partial charge in [0.25, 0.3) is 11.1 Å². The second kappa shape index (κ2) is 8.35. The van der Waals surface area contributed by atoms with Gasteiger partial charge in [-0.3, -0.25) is 14.9 Å². The summed E-state index contributed by atoms with van der Waals surface area (Å²) >= 11 is 0.927. The van der Waals surface area contributed by atoms with E-state index in [0.29, 0.717) is 11.5 Å². The molecule has 1 aromatic rings. The molecule has 1 N–H and O–H groups in total. The molecular formula is C18H22N2O3S. The van der Waals surface area contributed by atoms with E-state index in [2.05, 4.69) is 10.2 Å². The van der Waals surface area contributed by atoms with Gasteiger partial charge in [0.1, 0.15) is 5.75 Å². The summed E-state index contributed by atoms with van der Waals surface area (Å²) in [4.78, 5) is 25.7. The predicted octanol–water partition coefficient (Wildman–Crippen LogP) is 3.27. The summed E-state index contributed by atoms with van der Waals surface area (Å²) in [6.07, 6.45) is 6.71. The van der Waals surface area contributed by atoms with Crippen molar-refractivity contribution in [2.75, 3.05) is 26.2 Å². The van der Waals surface area contributed by atoms with E-state index in [1.807, 2.05) is 24.3 Å². The first-order valence-electron chi connectivity index (χ1n) is 8.41. The van der Waals surface area contributed by atoms with Gasteiger partial charge in [-0.15, -0.1) is 0 Å². The molecule has 0 unspecified atom stereocenters. The lowest BCUT2D eigenvalue weighted by Crippen LogP contribution is -2.31. The summed E-state index contributed by atoms with van der Waals surface area (Å²) in [6, 6.07) is 7.59. The lowest BCUT2D eigenvalue weighted by molar-refractivity contribution is -0.115. The Labute approximate surface area is 146 Å². The van der Waals surface area contributed by atoms with E-state index in [0.717, 1.165) is 36.0 Å². The van der Waals surface area contributed by atoms with Crippen molar-refractivity contribution in [3.05, 3.63) is 34.7 Å². The molecule has 0 radical (unpaired) electrons. The van der Waals surface area contributed by atoms with E-state index in [4.69, 9.17) is 4.74 Å². The summed E-state index contributed by atoms with van der Waals surface area (Å²) in [6.45, 7) is 4.19. The number of amides is 2. The molecule has 3 rings (SSSR count). The van der Waals surface area contributed by atoms with Crippen LogP contribution in [0.25, 0.3) is 6.08 Å². The molecule has 2 heterocycles. The molecule has 0 bridgehead atoms. The zero-order valence-electron chi connectivity index (χ0n) is 13.6. The summed E-state index contributed by atoms with van der Waals surface area (Å²) in [5.41, 5.74) is 0.857. The van der Waals surface area contributed by atoms with Gasteiger partial charge >= 0.3 is 0 Å². The molecule has 0 atom stereocenters. The molecule has 24 heavy (non-hydrogen) atoms. The quantitative estimate of drug-likeness (QED) is 0.633. The maximum Gasteiger partial charge on any atom is 0.290 e. The first kappa shape index (κ1) is 17.0. The first-order chi connectivity index (χ1) is 11.7. The third kappa shape index (κ3) is 4.85. The van der Waals surface area contributed by atoms with E-state index < -0.39 is 0 Å². The van der Waals surface area contributed by atoms with Gasteiger partial charge in [-0.25, -0.2) is 0 Å². The highest BCUT2D eigenvalue weighted by atomic mass is 32.2. The number of likely N-dealkylation sites (tertiary alicyclic amines) is 1. The molecule has 0 saturated carbocycles. The van der Waals surface area contributed by atoms with E-state index in [1.165, 1.54) is 32.4 Å². The zero-order chi connectivity index (χ0) is 16.8. The van der Waals surface area contributed by atoms with Crippen LogP contribution in [0.4, 0.5) is 4.79 Å². The van der Waals surface area contributed by atoms with Crippen LogP contribution >= 0.6 is 11.8 Å². The maximum atomic E-state index is 11.6. The highest BCUT2D eigenvalue weighted by Gasteiger charge is 2.24. The fraction of sp³-hybridized carbons (Fsp3) is 0.444. The van der Waals surface area contributed by atoms with Gasteiger partial charge in [-0.2, -0.15) is 0 Å². The number of ether oxygens (including phenoxy) is 1. The van der Waals surface area contributed by atoms with Gasteiger partial charge in [0.05, 0.1) is 11.5 Å². The van der Waals surface area contributed by atoms with Crippen molar-refractivity contribution in [2.45, 2.75) is 25.7 Å². The highest BCUT2D eigenvalue weighted by Crippen LogP contribution is 2.26. The third-order valence-electron chi connectivity index (χ3n) is 4.13. The van der Waals surface area contributed by atoms with Crippen molar-refractivity contribution < 1.29 is 14.3 Å². The maximum absolute atomic E-state index is 11.6. The minimum atomic E-state index is -0.335. The van der Waals surface area contributed by atoms with Crippen LogP contribution in [0.5, 0.6) is 5.75 Å². The van der Waals surface area contributed by atoms with Gasteiger partial charge in [0.2, 0.25) is 0 Å². The second-order valence-electron chi connectivity index (χ2n) is 6.03. The zero-order valence-corrected chi connectivity index (χ0v) is 14.4. The molecular weight excluding hydrogens is 324 g/mol. The molecule has 2 aliphatic rings. The molecule has 128 valence electrons. The number of hydrogen-bond acceptors (Lipinski definition) is 5. The molecule has 0 aliphatic carbocycles. The minimum absolute atomic E-state index is 0.323. The number of nitrogens with zero attached hydrogens (tertiary/aromatic N) is 1. The van der Waals surface area contributed by atoms with Gasteiger partial charge in [0, 0.05) is 6.54 Å². The predicted molar refractivity (Wildman–Crippen MR) is 96.0 cm³/mol. The summed E-state index contributed by atoms with van der Waals surface area (Å²) in [5, 5.41) is 1.93. The Morgan fingerprint density at radius 1 is 1.21 bits per heavy atom. The Morgan fingerprint density at radius 2 is 2.04 bits per heavy atom. The monoisotopic (exact) mass is 346 g/mol. The van der Waals surface area contributed by atoms with Gasteiger partial charge in [0.15, 0.2) is 0 Å². The number of imide groups is 1. The summed E-state index contributed by atoms with van der Waals surface area (Å²) in [5.74, 6) is 0.454. The molecule has 5 nitrogen and oxygen atoms in total. The van der Waals surface area contributed by atoms with Gasteiger partial charge in [-0.05, 0) is 67.9 Å². The summed E-state index contributed by atoms with van der Waals surface area (Å²) in [7, 11) is 0. The number of rotatable bonds is 6. The average Bonchev–Trinajstić information content (AvgIpc) is 2.90. The lowest BCUT2D eigenvalue weighted by atomic mass is 10.1. The molecule has 6 heteroatoms. The fourth-order valence-electron chi connectivity index (χ4n) is 2.93. The SMILES string of the molecule is O=C1NC(=O)/C(=C/c2cccc(OCCCN3CCCCC3)c2)S1. The van der Waals surface area contributed by atoms with Crippen molar-refractivity contribution in [3.63, 3.8) is 0 Å². The Balaban J connectivity index is 1.49. The molecule has 0 aromatic heterocycles. The van der Waals surface area contributed by atoms with Crippen molar-refractivity contribution in [1.82, 2.24) is 10.2 Å². The normalized spacial score (nSPS) is 20.4. The number of thioether (sulfide) groups is 1. The smallest absolute Gasteiger partial charge is 0.290 e. The average molecular weight is 346 g/mol. The molecule has 2 amide bonds. The van der Waals surface area contributed by atoms with Crippen molar-refractivity contribution >= 4 is 29.0 Å².